The number of pyridine rings is 1. The number of hydrogen-bond donors (Lipinski definition) is 1. The number of amides is 1. The molecule has 4 nitrogen and oxygen atoms in total. The number of hydrogen-bond acceptors (Lipinski definition) is 3. The third-order valence-electron chi connectivity index (χ3n) is 2.63. The molecule has 1 aromatic heterocycles. The molecule has 1 aliphatic rings. The molecular formula is C12H15Cl2N3O. The van der Waals surface area contributed by atoms with Crippen molar-refractivity contribution in [2.45, 2.75) is 25.4 Å². The van der Waals surface area contributed by atoms with Crippen molar-refractivity contribution < 1.29 is 4.79 Å². The van der Waals surface area contributed by atoms with Crippen LogP contribution in [0.1, 0.15) is 18.4 Å². The van der Waals surface area contributed by atoms with E-state index in [0.29, 0.717) is 29.4 Å². The maximum atomic E-state index is 11.6. The van der Waals surface area contributed by atoms with Crippen LogP contribution in [0.5, 0.6) is 0 Å². The summed E-state index contributed by atoms with van der Waals surface area (Å²) in [7, 11) is 1.88. The number of aromatic nitrogens is 1. The maximum absolute atomic E-state index is 11.6. The summed E-state index contributed by atoms with van der Waals surface area (Å²) in [6, 6.07) is 3.90. The van der Waals surface area contributed by atoms with Gasteiger partial charge in [0, 0.05) is 12.6 Å². The summed E-state index contributed by atoms with van der Waals surface area (Å²) in [5.74, 6) is 0.0613. The average Bonchev–Trinajstić information content (AvgIpc) is 2.98. The Hall–Kier alpha value is -0.840. The molecule has 18 heavy (non-hydrogen) atoms. The Morgan fingerprint density at radius 1 is 1.44 bits per heavy atom. The zero-order valence-corrected chi connectivity index (χ0v) is 11.6. The van der Waals surface area contributed by atoms with Gasteiger partial charge in [0.05, 0.1) is 6.54 Å². The molecule has 1 heterocycles. The number of carbonyl (C=O) groups is 1. The van der Waals surface area contributed by atoms with E-state index in [9.17, 15) is 4.79 Å². The molecule has 0 saturated heterocycles. The second-order valence-electron chi connectivity index (χ2n) is 4.63. The Balaban J connectivity index is 1.85. The highest BCUT2D eigenvalue weighted by Crippen LogP contribution is 2.18. The predicted octanol–water partition coefficient (Wildman–Crippen LogP) is 2.10. The molecule has 6 heteroatoms. The molecule has 0 aromatic carbocycles. The Labute approximate surface area is 116 Å². The number of carbonyl (C=O) groups excluding carboxylic acids is 1. The first-order valence-electron chi connectivity index (χ1n) is 5.83. The van der Waals surface area contributed by atoms with Gasteiger partial charge in [-0.3, -0.25) is 9.69 Å². The van der Waals surface area contributed by atoms with Crippen molar-refractivity contribution in [3.8, 4) is 0 Å². The van der Waals surface area contributed by atoms with E-state index in [1.807, 2.05) is 11.9 Å². The predicted molar refractivity (Wildman–Crippen MR) is 71.8 cm³/mol. The fourth-order valence-electron chi connectivity index (χ4n) is 1.72. The highest BCUT2D eigenvalue weighted by atomic mass is 35.5. The lowest BCUT2D eigenvalue weighted by molar-refractivity contribution is -0.122. The highest BCUT2D eigenvalue weighted by molar-refractivity contribution is 6.32. The van der Waals surface area contributed by atoms with Gasteiger partial charge >= 0.3 is 0 Å². The van der Waals surface area contributed by atoms with Crippen molar-refractivity contribution in [3.05, 3.63) is 28.0 Å². The van der Waals surface area contributed by atoms with Gasteiger partial charge in [-0.15, -0.1) is 0 Å². The Kier molecular flexibility index (Phi) is 4.43. The summed E-state index contributed by atoms with van der Waals surface area (Å²) < 4.78 is 0. The van der Waals surface area contributed by atoms with Crippen molar-refractivity contribution in [1.82, 2.24) is 15.2 Å². The molecule has 0 bridgehead atoms. The van der Waals surface area contributed by atoms with Crippen LogP contribution in [0.2, 0.25) is 10.3 Å². The quantitative estimate of drug-likeness (QED) is 0.844. The Morgan fingerprint density at radius 3 is 2.61 bits per heavy atom. The van der Waals surface area contributed by atoms with Crippen molar-refractivity contribution in [2.75, 3.05) is 13.6 Å². The van der Waals surface area contributed by atoms with Crippen molar-refractivity contribution in [2.24, 2.45) is 0 Å². The normalized spacial score (nSPS) is 14.9. The lowest BCUT2D eigenvalue weighted by Gasteiger charge is -2.16. The van der Waals surface area contributed by atoms with Crippen LogP contribution in [0, 0.1) is 0 Å². The third kappa shape index (κ3) is 4.44. The molecule has 1 fully saturated rings. The van der Waals surface area contributed by atoms with Gasteiger partial charge in [0.25, 0.3) is 0 Å². The second-order valence-corrected chi connectivity index (χ2v) is 5.41. The first-order chi connectivity index (χ1) is 8.52. The van der Waals surface area contributed by atoms with Crippen LogP contribution < -0.4 is 5.32 Å². The number of halogens is 2. The standard InChI is InChI=1S/C12H15Cl2N3O/c1-17(7-12(18)15-9-2-3-9)6-8-4-10(13)16-11(14)5-8/h4-5,9H,2-3,6-7H2,1H3,(H,15,18). The van der Waals surface area contributed by atoms with Crippen LogP contribution in [-0.2, 0) is 11.3 Å². The number of rotatable bonds is 5. The van der Waals surface area contributed by atoms with Crippen LogP contribution in [0.25, 0.3) is 0 Å². The molecule has 0 aliphatic heterocycles. The number of nitrogens with zero attached hydrogens (tertiary/aromatic N) is 2. The summed E-state index contributed by atoms with van der Waals surface area (Å²) in [5, 5.41) is 3.69. The molecule has 0 atom stereocenters. The molecule has 98 valence electrons. The van der Waals surface area contributed by atoms with Crippen molar-refractivity contribution in [3.63, 3.8) is 0 Å². The van der Waals surface area contributed by atoms with E-state index in [2.05, 4.69) is 10.3 Å². The van der Waals surface area contributed by atoms with Gasteiger partial charge in [0.1, 0.15) is 10.3 Å². The number of nitrogens with one attached hydrogen (secondary N) is 1. The van der Waals surface area contributed by atoms with Gasteiger partial charge in [-0.05, 0) is 37.6 Å². The zero-order chi connectivity index (χ0) is 13.1. The molecule has 1 aliphatic carbocycles. The molecule has 1 aromatic rings. The van der Waals surface area contributed by atoms with E-state index < -0.39 is 0 Å². The Morgan fingerprint density at radius 2 is 2.06 bits per heavy atom. The van der Waals surface area contributed by atoms with Gasteiger partial charge in [0.15, 0.2) is 0 Å². The van der Waals surface area contributed by atoms with Crippen molar-refractivity contribution in [1.29, 1.82) is 0 Å². The van der Waals surface area contributed by atoms with E-state index in [4.69, 9.17) is 23.2 Å². The van der Waals surface area contributed by atoms with E-state index in [1.54, 1.807) is 12.1 Å². The largest absolute Gasteiger partial charge is 0.352 e. The lowest BCUT2D eigenvalue weighted by Crippen LogP contribution is -2.35. The second kappa shape index (κ2) is 5.87. The zero-order valence-electron chi connectivity index (χ0n) is 10.1. The monoisotopic (exact) mass is 287 g/mol. The SMILES string of the molecule is CN(CC(=O)NC1CC1)Cc1cc(Cl)nc(Cl)c1. The molecule has 0 unspecified atom stereocenters. The molecule has 0 spiro atoms. The summed E-state index contributed by atoms with van der Waals surface area (Å²) in [6.07, 6.45) is 2.20. The van der Waals surface area contributed by atoms with Gasteiger partial charge in [-0.1, -0.05) is 23.2 Å². The van der Waals surface area contributed by atoms with E-state index in [-0.39, 0.29) is 5.91 Å². The van der Waals surface area contributed by atoms with Crippen LogP contribution in [0.4, 0.5) is 0 Å². The first kappa shape index (κ1) is 13.6. The number of likely N-dealkylation sites (N-methyl/N-ethyl adjacent to an activating group) is 1. The smallest absolute Gasteiger partial charge is 0.234 e. The first-order valence-corrected chi connectivity index (χ1v) is 6.58. The lowest BCUT2D eigenvalue weighted by atomic mass is 10.2. The summed E-state index contributed by atoms with van der Waals surface area (Å²) in [5.41, 5.74) is 0.946. The molecule has 1 amide bonds. The van der Waals surface area contributed by atoms with Crippen LogP contribution in [0.15, 0.2) is 12.1 Å². The van der Waals surface area contributed by atoms with Gasteiger partial charge in [-0.2, -0.15) is 0 Å². The molecule has 1 saturated carbocycles. The van der Waals surface area contributed by atoms with E-state index in [1.165, 1.54) is 0 Å². The summed E-state index contributed by atoms with van der Waals surface area (Å²) in [4.78, 5) is 17.4. The van der Waals surface area contributed by atoms with Gasteiger partial charge < -0.3 is 5.32 Å². The minimum atomic E-state index is 0.0613. The average molecular weight is 288 g/mol. The Bertz CT molecular complexity index is 429. The fourth-order valence-corrected chi connectivity index (χ4v) is 2.22. The van der Waals surface area contributed by atoms with Gasteiger partial charge in [0.2, 0.25) is 5.91 Å². The fraction of sp³-hybridized carbons (Fsp3) is 0.500. The van der Waals surface area contributed by atoms with E-state index in [0.717, 1.165) is 18.4 Å². The van der Waals surface area contributed by atoms with Crippen LogP contribution >= 0.6 is 23.2 Å². The van der Waals surface area contributed by atoms with E-state index >= 15 is 0 Å². The molecule has 0 radical (unpaired) electrons. The van der Waals surface area contributed by atoms with Crippen LogP contribution in [0.3, 0.4) is 0 Å². The van der Waals surface area contributed by atoms with Gasteiger partial charge in [-0.25, -0.2) is 4.98 Å². The third-order valence-corrected chi connectivity index (χ3v) is 3.02. The summed E-state index contributed by atoms with van der Waals surface area (Å²) in [6.45, 7) is 0.980. The maximum Gasteiger partial charge on any atom is 0.234 e. The topological polar surface area (TPSA) is 45.2 Å². The van der Waals surface area contributed by atoms with Crippen molar-refractivity contribution >= 4 is 29.1 Å². The van der Waals surface area contributed by atoms with Crippen LogP contribution in [-0.4, -0.2) is 35.4 Å². The highest BCUT2D eigenvalue weighted by Gasteiger charge is 2.23. The molecule has 1 N–H and O–H groups in total. The minimum absolute atomic E-state index is 0.0613. The summed E-state index contributed by atoms with van der Waals surface area (Å²) >= 11 is 11.6. The molecule has 2 rings (SSSR count). The minimum Gasteiger partial charge on any atom is -0.352 e. The molecular weight excluding hydrogens is 273 g/mol.